The SMILES string of the molecule is CC1(C)OO[C@H]2C(CO[Si](C)(C)C(C)(C)C)=C[C@@H](O)[C@@H]21. The average Bonchev–Trinajstić information content (AvgIpc) is 2.75. The number of fused-ring (bicyclic) bond motifs is 1. The first-order valence-electron chi connectivity index (χ1n) is 7.33. The van der Waals surface area contributed by atoms with Gasteiger partial charge in [-0.05, 0) is 37.6 Å². The van der Waals surface area contributed by atoms with Gasteiger partial charge in [-0.15, -0.1) is 0 Å². The Morgan fingerprint density at radius 1 is 1.35 bits per heavy atom. The zero-order chi connectivity index (χ0) is 15.3. The van der Waals surface area contributed by atoms with Crippen molar-refractivity contribution >= 4 is 8.32 Å². The van der Waals surface area contributed by atoms with Crippen LogP contribution < -0.4 is 0 Å². The van der Waals surface area contributed by atoms with E-state index in [0.29, 0.717) is 6.61 Å². The highest BCUT2D eigenvalue weighted by molar-refractivity contribution is 6.74. The topological polar surface area (TPSA) is 47.9 Å². The quantitative estimate of drug-likeness (QED) is 0.494. The molecule has 1 heterocycles. The lowest BCUT2D eigenvalue weighted by molar-refractivity contribution is -0.314. The Labute approximate surface area is 123 Å². The van der Waals surface area contributed by atoms with E-state index in [0.717, 1.165) is 5.57 Å². The minimum absolute atomic E-state index is 0.0412. The highest BCUT2D eigenvalue weighted by Gasteiger charge is 2.54. The van der Waals surface area contributed by atoms with Gasteiger partial charge in [0.1, 0.15) is 11.7 Å². The third kappa shape index (κ3) is 2.74. The van der Waals surface area contributed by atoms with Crippen molar-refractivity contribution in [1.82, 2.24) is 0 Å². The molecule has 0 aromatic carbocycles. The molecule has 4 nitrogen and oxygen atoms in total. The molecule has 0 aromatic heterocycles. The van der Waals surface area contributed by atoms with Crippen LogP contribution in [0, 0.1) is 5.92 Å². The predicted octanol–water partition coefficient (Wildman–Crippen LogP) is 3.03. The Balaban J connectivity index is 2.04. The second-order valence-corrected chi connectivity index (χ2v) is 12.8. The summed E-state index contributed by atoms with van der Waals surface area (Å²) in [5, 5.41) is 10.4. The number of aliphatic hydroxyl groups excluding tert-OH is 1. The molecule has 0 bridgehead atoms. The molecule has 0 aromatic rings. The third-order valence-corrected chi connectivity index (χ3v) is 9.50. The van der Waals surface area contributed by atoms with Crippen molar-refractivity contribution in [2.45, 2.75) is 70.6 Å². The first kappa shape index (κ1) is 16.2. The van der Waals surface area contributed by atoms with E-state index in [1.807, 2.05) is 19.9 Å². The maximum absolute atomic E-state index is 10.2. The number of hydrogen-bond donors (Lipinski definition) is 1. The highest BCUT2D eigenvalue weighted by atomic mass is 28.4. The first-order chi connectivity index (χ1) is 8.96. The van der Waals surface area contributed by atoms with E-state index in [1.165, 1.54) is 0 Å². The molecule has 116 valence electrons. The van der Waals surface area contributed by atoms with Crippen molar-refractivity contribution in [3.63, 3.8) is 0 Å². The van der Waals surface area contributed by atoms with E-state index in [-0.39, 0.29) is 17.1 Å². The molecule has 5 heteroatoms. The molecule has 0 radical (unpaired) electrons. The molecule has 1 N–H and O–H groups in total. The summed E-state index contributed by atoms with van der Waals surface area (Å²) < 4.78 is 6.23. The Morgan fingerprint density at radius 3 is 2.50 bits per heavy atom. The molecule has 2 aliphatic rings. The Hall–Kier alpha value is -0.203. The van der Waals surface area contributed by atoms with E-state index < -0.39 is 20.0 Å². The van der Waals surface area contributed by atoms with Crippen LogP contribution in [0.5, 0.6) is 0 Å². The van der Waals surface area contributed by atoms with Gasteiger partial charge in [-0.1, -0.05) is 26.8 Å². The number of aliphatic hydroxyl groups is 1. The largest absolute Gasteiger partial charge is 0.413 e. The lowest BCUT2D eigenvalue weighted by Gasteiger charge is -2.36. The summed E-state index contributed by atoms with van der Waals surface area (Å²) >= 11 is 0. The van der Waals surface area contributed by atoms with Crippen molar-refractivity contribution in [2.24, 2.45) is 5.92 Å². The molecular weight excluding hydrogens is 272 g/mol. The van der Waals surface area contributed by atoms with E-state index in [2.05, 4.69) is 33.9 Å². The minimum Gasteiger partial charge on any atom is -0.413 e. The van der Waals surface area contributed by atoms with Gasteiger partial charge < -0.3 is 9.53 Å². The van der Waals surface area contributed by atoms with Gasteiger partial charge in [-0.2, -0.15) is 0 Å². The Bertz CT molecular complexity index is 409. The fourth-order valence-corrected chi connectivity index (χ4v) is 3.53. The zero-order valence-electron chi connectivity index (χ0n) is 13.7. The highest BCUT2D eigenvalue weighted by Crippen LogP contribution is 2.45. The standard InChI is InChI=1S/C15H28O4Si/c1-14(2,3)20(6,7)17-9-10-8-11(16)12-13(10)18-19-15(12,4)5/h8,11-13,16H,9H2,1-7H3/t11-,12+,13+/m1/s1. The van der Waals surface area contributed by atoms with Crippen LogP contribution in [-0.2, 0) is 14.2 Å². The smallest absolute Gasteiger partial charge is 0.192 e. The summed E-state index contributed by atoms with van der Waals surface area (Å²) in [4.78, 5) is 10.8. The van der Waals surface area contributed by atoms with Gasteiger partial charge >= 0.3 is 0 Å². The van der Waals surface area contributed by atoms with Gasteiger partial charge in [0.15, 0.2) is 8.32 Å². The monoisotopic (exact) mass is 300 g/mol. The van der Waals surface area contributed by atoms with Crippen LogP contribution in [0.1, 0.15) is 34.6 Å². The van der Waals surface area contributed by atoms with E-state index in [1.54, 1.807) is 0 Å². The normalized spacial score (nSPS) is 33.2. The van der Waals surface area contributed by atoms with Gasteiger partial charge in [-0.25, -0.2) is 9.78 Å². The summed E-state index contributed by atoms with van der Waals surface area (Å²) in [6, 6.07) is 0. The van der Waals surface area contributed by atoms with Crippen LogP contribution in [0.15, 0.2) is 11.6 Å². The fourth-order valence-electron chi connectivity index (χ4n) is 2.57. The molecule has 20 heavy (non-hydrogen) atoms. The van der Waals surface area contributed by atoms with Crippen LogP contribution in [0.4, 0.5) is 0 Å². The molecule has 3 atom stereocenters. The molecular formula is C15H28O4Si. The fraction of sp³-hybridized carbons (Fsp3) is 0.867. The van der Waals surface area contributed by atoms with Crippen LogP contribution in [0.25, 0.3) is 0 Å². The van der Waals surface area contributed by atoms with Crippen LogP contribution in [0.3, 0.4) is 0 Å². The van der Waals surface area contributed by atoms with Crippen molar-refractivity contribution in [2.75, 3.05) is 6.61 Å². The molecule has 1 aliphatic carbocycles. The molecule has 2 rings (SSSR count). The predicted molar refractivity (Wildman–Crippen MR) is 80.8 cm³/mol. The first-order valence-corrected chi connectivity index (χ1v) is 10.2. The van der Waals surface area contributed by atoms with Gasteiger partial charge in [0, 0.05) is 0 Å². The van der Waals surface area contributed by atoms with Crippen molar-refractivity contribution < 1.29 is 19.3 Å². The lowest BCUT2D eigenvalue weighted by atomic mass is 9.85. The molecule has 1 saturated heterocycles. The Kier molecular flexibility index (Phi) is 3.98. The molecule has 1 fully saturated rings. The maximum Gasteiger partial charge on any atom is 0.192 e. The van der Waals surface area contributed by atoms with Crippen molar-refractivity contribution in [1.29, 1.82) is 0 Å². The van der Waals surface area contributed by atoms with Crippen LogP contribution in [-0.4, -0.2) is 37.8 Å². The summed E-state index contributed by atoms with van der Waals surface area (Å²) in [5.74, 6) is -0.0412. The third-order valence-electron chi connectivity index (χ3n) is 5.02. The summed E-state index contributed by atoms with van der Waals surface area (Å²) in [7, 11) is -1.79. The van der Waals surface area contributed by atoms with Crippen molar-refractivity contribution in [3.8, 4) is 0 Å². The second-order valence-electron chi connectivity index (χ2n) is 8.01. The maximum atomic E-state index is 10.2. The van der Waals surface area contributed by atoms with Gasteiger partial charge in [0.2, 0.25) is 0 Å². The molecule has 0 spiro atoms. The minimum atomic E-state index is -1.79. The van der Waals surface area contributed by atoms with Crippen molar-refractivity contribution in [3.05, 3.63) is 11.6 Å². The number of rotatable bonds is 3. The van der Waals surface area contributed by atoms with Gasteiger partial charge in [0.05, 0.1) is 18.6 Å². The molecule has 0 amide bonds. The van der Waals surface area contributed by atoms with E-state index >= 15 is 0 Å². The summed E-state index contributed by atoms with van der Waals surface area (Å²) in [6.45, 7) is 15.5. The summed E-state index contributed by atoms with van der Waals surface area (Å²) in [6.07, 6.45) is 1.19. The summed E-state index contributed by atoms with van der Waals surface area (Å²) in [5.41, 5.74) is 0.553. The number of hydrogen-bond acceptors (Lipinski definition) is 4. The van der Waals surface area contributed by atoms with E-state index in [9.17, 15) is 5.11 Å². The zero-order valence-corrected chi connectivity index (χ0v) is 14.7. The van der Waals surface area contributed by atoms with Gasteiger partial charge in [-0.3, -0.25) is 0 Å². The molecule has 0 unspecified atom stereocenters. The van der Waals surface area contributed by atoms with Crippen LogP contribution >= 0.6 is 0 Å². The molecule has 0 saturated carbocycles. The van der Waals surface area contributed by atoms with E-state index in [4.69, 9.17) is 14.2 Å². The van der Waals surface area contributed by atoms with Crippen LogP contribution in [0.2, 0.25) is 18.1 Å². The lowest BCUT2D eigenvalue weighted by Crippen LogP contribution is -2.42. The second kappa shape index (κ2) is 4.92. The van der Waals surface area contributed by atoms with Gasteiger partial charge in [0.25, 0.3) is 0 Å². The Morgan fingerprint density at radius 2 is 1.95 bits per heavy atom. The average molecular weight is 300 g/mol. The molecule has 1 aliphatic heterocycles.